The van der Waals surface area contributed by atoms with E-state index in [9.17, 15) is 15.2 Å². The molecule has 27 heavy (non-hydrogen) atoms. The number of benzene rings is 1. The highest BCUT2D eigenvalue weighted by Gasteiger charge is 2.22. The van der Waals surface area contributed by atoms with E-state index < -0.39 is 11.4 Å². The van der Waals surface area contributed by atoms with E-state index in [-0.39, 0.29) is 31.1 Å². The predicted molar refractivity (Wildman–Crippen MR) is 98.5 cm³/mol. The average molecular weight is 370 g/mol. The fraction of sp³-hybridized carbons (Fsp3) is 0.368. The number of hydrogen-bond acceptors (Lipinski definition) is 7. The first-order valence-electron chi connectivity index (χ1n) is 8.32. The van der Waals surface area contributed by atoms with E-state index in [2.05, 4.69) is 16.0 Å². The van der Waals surface area contributed by atoms with Gasteiger partial charge in [0.15, 0.2) is 0 Å². The van der Waals surface area contributed by atoms with Gasteiger partial charge >= 0.3 is 5.97 Å². The van der Waals surface area contributed by atoms with Crippen LogP contribution < -0.4 is 10.5 Å². The topological polar surface area (TPSA) is 142 Å². The minimum atomic E-state index is -0.979. The van der Waals surface area contributed by atoms with Gasteiger partial charge in [0.05, 0.1) is 30.7 Å². The Morgan fingerprint density at radius 3 is 2.67 bits per heavy atom. The lowest BCUT2D eigenvalue weighted by atomic mass is 9.84. The summed E-state index contributed by atoms with van der Waals surface area (Å²) in [6.07, 6.45) is 0.164. The largest absolute Gasteiger partial charge is 0.496 e. The first kappa shape index (κ1) is 20.0. The van der Waals surface area contributed by atoms with Crippen LogP contribution in [0.15, 0.2) is 18.2 Å². The Balaban J connectivity index is 2.51. The van der Waals surface area contributed by atoms with Crippen molar-refractivity contribution in [3.8, 4) is 17.7 Å². The number of aromatic hydroxyl groups is 1. The molecule has 0 spiro atoms. The van der Waals surface area contributed by atoms with Crippen LogP contribution in [0.2, 0.25) is 0 Å². The Kier molecular flexibility index (Phi) is 5.85. The minimum Gasteiger partial charge on any atom is -0.496 e. The molecule has 0 atom stereocenters. The smallest absolute Gasteiger partial charge is 0.303 e. The number of nitrogen functional groups attached to an aromatic ring is 1. The summed E-state index contributed by atoms with van der Waals surface area (Å²) >= 11 is 0. The van der Waals surface area contributed by atoms with Crippen molar-refractivity contribution >= 4 is 11.9 Å². The molecule has 0 amide bonds. The van der Waals surface area contributed by atoms with Gasteiger partial charge in [0.25, 0.3) is 0 Å². The molecule has 2 rings (SSSR count). The van der Waals surface area contributed by atoms with Crippen LogP contribution in [0.1, 0.15) is 42.7 Å². The standard InChI is InChI=1S/C19H22N4O4/c1-19(2,10-20)12-4-6-15(27-3)11(8-12)9-13-14(5-7-16(24)25)22-18(21)23-17(13)26/h4,6,8H,5,7,9H2,1-3H3,(H,24,25)(H3,21,22,23,26). The van der Waals surface area contributed by atoms with Gasteiger partial charge in [0, 0.05) is 18.4 Å². The van der Waals surface area contributed by atoms with Crippen LogP contribution in [0.3, 0.4) is 0 Å². The highest BCUT2D eigenvalue weighted by molar-refractivity contribution is 5.67. The maximum atomic E-state index is 10.9. The molecule has 8 nitrogen and oxygen atoms in total. The van der Waals surface area contributed by atoms with Crippen LogP contribution in [0.25, 0.3) is 0 Å². The van der Waals surface area contributed by atoms with Crippen molar-refractivity contribution in [2.24, 2.45) is 0 Å². The molecule has 0 radical (unpaired) electrons. The zero-order valence-corrected chi connectivity index (χ0v) is 15.5. The average Bonchev–Trinajstić information content (AvgIpc) is 2.62. The van der Waals surface area contributed by atoms with Gasteiger partial charge in [-0.05, 0) is 31.0 Å². The zero-order chi connectivity index (χ0) is 20.2. The monoisotopic (exact) mass is 370 g/mol. The molecular formula is C19H22N4O4. The van der Waals surface area contributed by atoms with Gasteiger partial charge in [-0.1, -0.05) is 12.1 Å². The Bertz CT molecular complexity index is 903. The van der Waals surface area contributed by atoms with Crippen LogP contribution in [0, 0.1) is 11.3 Å². The molecule has 0 bridgehead atoms. The minimum absolute atomic E-state index is 0.108. The normalized spacial score (nSPS) is 11.0. The second-order valence-corrected chi connectivity index (χ2v) is 6.66. The molecule has 8 heteroatoms. The van der Waals surface area contributed by atoms with E-state index in [1.54, 1.807) is 19.9 Å². The second kappa shape index (κ2) is 7.91. The van der Waals surface area contributed by atoms with Gasteiger partial charge in [-0.25, -0.2) is 4.98 Å². The summed E-state index contributed by atoms with van der Waals surface area (Å²) in [6, 6.07) is 7.66. The van der Waals surface area contributed by atoms with Crippen molar-refractivity contribution < 1.29 is 19.7 Å². The van der Waals surface area contributed by atoms with E-state index in [1.807, 2.05) is 12.1 Å². The maximum Gasteiger partial charge on any atom is 0.303 e. The van der Waals surface area contributed by atoms with Gasteiger partial charge in [0.2, 0.25) is 11.8 Å². The lowest BCUT2D eigenvalue weighted by Gasteiger charge is -2.19. The van der Waals surface area contributed by atoms with Crippen LogP contribution >= 0.6 is 0 Å². The third-order valence-electron chi connectivity index (χ3n) is 4.31. The van der Waals surface area contributed by atoms with Crippen molar-refractivity contribution in [3.05, 3.63) is 40.6 Å². The van der Waals surface area contributed by atoms with Crippen molar-refractivity contribution in [2.75, 3.05) is 12.8 Å². The summed E-state index contributed by atoms with van der Waals surface area (Å²) in [5.74, 6) is -0.821. The molecule has 2 aromatic rings. The molecule has 0 unspecified atom stereocenters. The van der Waals surface area contributed by atoms with Gasteiger partial charge in [0.1, 0.15) is 5.75 Å². The quantitative estimate of drug-likeness (QED) is 0.673. The number of aryl methyl sites for hydroxylation is 1. The van der Waals surface area contributed by atoms with E-state index in [1.165, 1.54) is 7.11 Å². The number of rotatable bonds is 7. The van der Waals surface area contributed by atoms with Gasteiger partial charge in [-0.2, -0.15) is 10.2 Å². The highest BCUT2D eigenvalue weighted by Crippen LogP contribution is 2.32. The molecule has 0 fully saturated rings. The fourth-order valence-electron chi connectivity index (χ4n) is 2.71. The van der Waals surface area contributed by atoms with E-state index in [0.717, 1.165) is 11.1 Å². The first-order valence-corrected chi connectivity index (χ1v) is 8.32. The number of methoxy groups -OCH3 is 1. The van der Waals surface area contributed by atoms with Gasteiger partial charge in [-0.15, -0.1) is 0 Å². The van der Waals surface area contributed by atoms with E-state index in [0.29, 0.717) is 17.0 Å². The van der Waals surface area contributed by atoms with Crippen LogP contribution in [0.4, 0.5) is 5.95 Å². The number of nitrogens with two attached hydrogens (primary N) is 1. The third-order valence-corrected chi connectivity index (χ3v) is 4.31. The molecule has 0 saturated heterocycles. The summed E-state index contributed by atoms with van der Waals surface area (Å²) in [7, 11) is 1.53. The summed E-state index contributed by atoms with van der Waals surface area (Å²) in [4.78, 5) is 18.8. The van der Waals surface area contributed by atoms with Crippen LogP contribution in [0.5, 0.6) is 11.6 Å². The van der Waals surface area contributed by atoms with Crippen molar-refractivity contribution in [1.29, 1.82) is 5.26 Å². The first-order chi connectivity index (χ1) is 12.7. The number of carboxylic acids is 1. The number of aliphatic carboxylic acids is 1. The molecule has 0 aliphatic rings. The number of carbonyl (C=O) groups is 1. The molecule has 0 aliphatic heterocycles. The fourth-order valence-corrected chi connectivity index (χ4v) is 2.71. The van der Waals surface area contributed by atoms with Crippen LogP contribution in [-0.4, -0.2) is 33.3 Å². The summed E-state index contributed by atoms with van der Waals surface area (Å²) in [5, 5.41) is 28.6. The number of nitrogens with zero attached hydrogens (tertiary/aromatic N) is 3. The second-order valence-electron chi connectivity index (χ2n) is 6.66. The van der Waals surface area contributed by atoms with Crippen molar-refractivity contribution in [2.45, 2.75) is 38.5 Å². The number of anilines is 1. The molecule has 0 saturated carbocycles. The molecule has 142 valence electrons. The molecule has 0 aliphatic carbocycles. The molecule has 4 N–H and O–H groups in total. The Morgan fingerprint density at radius 1 is 1.37 bits per heavy atom. The van der Waals surface area contributed by atoms with E-state index in [4.69, 9.17) is 15.6 Å². The maximum absolute atomic E-state index is 10.9. The summed E-state index contributed by atoms with van der Waals surface area (Å²) in [6.45, 7) is 3.61. The van der Waals surface area contributed by atoms with E-state index >= 15 is 0 Å². The number of carboxylic acid groups (broad SMARTS) is 1. The Labute approximate surface area is 157 Å². The number of hydrogen-bond donors (Lipinski definition) is 3. The summed E-state index contributed by atoms with van der Waals surface area (Å²) < 4.78 is 5.40. The van der Waals surface area contributed by atoms with Gasteiger partial charge in [-0.3, -0.25) is 4.79 Å². The number of nitriles is 1. The molecule has 1 aromatic carbocycles. The Hall–Kier alpha value is -3.34. The zero-order valence-electron chi connectivity index (χ0n) is 15.5. The lowest BCUT2D eigenvalue weighted by Crippen LogP contribution is -2.14. The number of ether oxygens (including phenoxy) is 1. The molecular weight excluding hydrogens is 348 g/mol. The SMILES string of the molecule is COc1ccc(C(C)(C)C#N)cc1Cc1c(O)nc(N)nc1CCC(=O)O. The van der Waals surface area contributed by atoms with Crippen molar-refractivity contribution in [1.82, 2.24) is 9.97 Å². The number of aromatic nitrogens is 2. The molecule has 1 heterocycles. The lowest BCUT2D eigenvalue weighted by molar-refractivity contribution is -0.136. The van der Waals surface area contributed by atoms with Gasteiger partial charge < -0.3 is 20.7 Å². The summed E-state index contributed by atoms with van der Waals surface area (Å²) in [5.41, 5.74) is 7.16. The van der Waals surface area contributed by atoms with Crippen molar-refractivity contribution in [3.63, 3.8) is 0 Å². The Morgan fingerprint density at radius 2 is 2.07 bits per heavy atom. The van der Waals surface area contributed by atoms with Crippen LogP contribution in [-0.2, 0) is 23.1 Å². The third kappa shape index (κ3) is 4.64. The predicted octanol–water partition coefficient (Wildman–Crippen LogP) is 2.18. The molecule has 1 aromatic heterocycles. The highest BCUT2D eigenvalue weighted by atomic mass is 16.5.